The molecule has 0 aromatic rings. The van der Waals surface area contributed by atoms with Crippen LogP contribution in [0.3, 0.4) is 0 Å². The standard InChI is InChI=1S/C11H26N2O3/c1-14-8-10(5-4-6-12)13-7-11(16-3)9-15-2/h10-11,13H,4-9,12H2,1-3H3. The van der Waals surface area contributed by atoms with Gasteiger partial charge in [-0.05, 0) is 19.4 Å². The molecule has 0 aliphatic rings. The van der Waals surface area contributed by atoms with Gasteiger partial charge in [-0.1, -0.05) is 0 Å². The summed E-state index contributed by atoms with van der Waals surface area (Å²) in [6, 6.07) is 0.336. The number of nitrogens with two attached hydrogens (primary N) is 1. The van der Waals surface area contributed by atoms with Gasteiger partial charge in [0, 0.05) is 33.9 Å². The molecule has 0 heterocycles. The van der Waals surface area contributed by atoms with Gasteiger partial charge >= 0.3 is 0 Å². The Hall–Kier alpha value is -0.200. The lowest BCUT2D eigenvalue weighted by atomic mass is 10.1. The Kier molecular flexibility index (Phi) is 11.1. The zero-order chi connectivity index (χ0) is 12.2. The maximum atomic E-state index is 5.49. The Morgan fingerprint density at radius 2 is 1.81 bits per heavy atom. The van der Waals surface area contributed by atoms with Gasteiger partial charge in [-0.15, -0.1) is 0 Å². The molecule has 16 heavy (non-hydrogen) atoms. The summed E-state index contributed by atoms with van der Waals surface area (Å²) in [4.78, 5) is 0. The summed E-state index contributed by atoms with van der Waals surface area (Å²) in [5.74, 6) is 0. The van der Waals surface area contributed by atoms with Gasteiger partial charge < -0.3 is 25.3 Å². The Balaban J connectivity index is 3.78. The van der Waals surface area contributed by atoms with E-state index in [4.69, 9.17) is 19.9 Å². The summed E-state index contributed by atoms with van der Waals surface area (Å²) in [5.41, 5.74) is 5.49. The minimum absolute atomic E-state index is 0.0854. The number of nitrogens with one attached hydrogen (secondary N) is 1. The number of rotatable bonds is 11. The minimum atomic E-state index is 0.0854. The second-order valence-corrected chi connectivity index (χ2v) is 3.80. The van der Waals surface area contributed by atoms with E-state index in [1.807, 2.05) is 0 Å². The molecule has 0 aromatic heterocycles. The first-order valence-corrected chi connectivity index (χ1v) is 5.72. The van der Waals surface area contributed by atoms with Crippen molar-refractivity contribution >= 4 is 0 Å². The number of hydrogen-bond acceptors (Lipinski definition) is 5. The van der Waals surface area contributed by atoms with Gasteiger partial charge in [-0.3, -0.25) is 0 Å². The number of methoxy groups -OCH3 is 3. The van der Waals surface area contributed by atoms with Crippen molar-refractivity contribution in [2.75, 3.05) is 47.6 Å². The molecule has 3 N–H and O–H groups in total. The molecule has 0 fully saturated rings. The fraction of sp³-hybridized carbons (Fsp3) is 1.00. The van der Waals surface area contributed by atoms with E-state index >= 15 is 0 Å². The average Bonchev–Trinajstić information content (AvgIpc) is 2.30. The first kappa shape index (κ1) is 15.8. The van der Waals surface area contributed by atoms with Crippen molar-refractivity contribution in [3.8, 4) is 0 Å². The van der Waals surface area contributed by atoms with Crippen LogP contribution in [0.2, 0.25) is 0 Å². The van der Waals surface area contributed by atoms with Crippen LogP contribution in [0, 0.1) is 0 Å². The van der Waals surface area contributed by atoms with Crippen molar-refractivity contribution in [2.45, 2.75) is 25.0 Å². The molecule has 2 unspecified atom stereocenters. The van der Waals surface area contributed by atoms with Crippen LogP contribution in [0.5, 0.6) is 0 Å². The average molecular weight is 234 g/mol. The normalized spacial score (nSPS) is 15.0. The van der Waals surface area contributed by atoms with Crippen LogP contribution >= 0.6 is 0 Å². The topological polar surface area (TPSA) is 65.7 Å². The van der Waals surface area contributed by atoms with E-state index in [2.05, 4.69) is 5.32 Å². The Bertz CT molecular complexity index is 147. The summed E-state index contributed by atoms with van der Waals surface area (Å²) < 4.78 is 15.5. The highest BCUT2D eigenvalue weighted by atomic mass is 16.5. The first-order chi connectivity index (χ1) is 7.78. The van der Waals surface area contributed by atoms with Gasteiger partial charge in [0.1, 0.15) is 0 Å². The summed E-state index contributed by atoms with van der Waals surface area (Å²) >= 11 is 0. The summed E-state index contributed by atoms with van der Waals surface area (Å²) in [5, 5.41) is 3.41. The Morgan fingerprint density at radius 3 is 2.31 bits per heavy atom. The van der Waals surface area contributed by atoms with Gasteiger partial charge in [-0.25, -0.2) is 0 Å². The van der Waals surface area contributed by atoms with Crippen LogP contribution in [0.25, 0.3) is 0 Å². The SMILES string of the molecule is COCC(CCCN)NCC(COC)OC. The van der Waals surface area contributed by atoms with Crippen molar-refractivity contribution in [1.29, 1.82) is 0 Å². The zero-order valence-corrected chi connectivity index (χ0v) is 10.7. The van der Waals surface area contributed by atoms with Crippen LogP contribution in [0.4, 0.5) is 0 Å². The van der Waals surface area contributed by atoms with E-state index in [0.29, 0.717) is 25.8 Å². The predicted octanol–water partition coefficient (Wildman–Crippen LogP) is -0.00870. The van der Waals surface area contributed by atoms with Gasteiger partial charge in [0.2, 0.25) is 0 Å². The lowest BCUT2D eigenvalue weighted by molar-refractivity contribution is 0.0250. The van der Waals surface area contributed by atoms with Crippen LogP contribution in [0.1, 0.15) is 12.8 Å². The van der Waals surface area contributed by atoms with Crippen molar-refractivity contribution in [3.05, 3.63) is 0 Å². The first-order valence-electron chi connectivity index (χ1n) is 5.72. The molecule has 0 amide bonds. The van der Waals surface area contributed by atoms with Gasteiger partial charge in [0.05, 0.1) is 19.3 Å². The maximum absolute atomic E-state index is 5.49. The maximum Gasteiger partial charge on any atom is 0.0928 e. The van der Waals surface area contributed by atoms with Crippen molar-refractivity contribution in [3.63, 3.8) is 0 Å². The molecule has 5 heteroatoms. The van der Waals surface area contributed by atoms with Crippen molar-refractivity contribution < 1.29 is 14.2 Å². The van der Waals surface area contributed by atoms with Crippen LogP contribution < -0.4 is 11.1 Å². The molecule has 5 nitrogen and oxygen atoms in total. The highest BCUT2D eigenvalue weighted by Gasteiger charge is 2.11. The summed E-state index contributed by atoms with van der Waals surface area (Å²) in [6.45, 7) is 2.78. The highest BCUT2D eigenvalue weighted by Crippen LogP contribution is 1.98. The highest BCUT2D eigenvalue weighted by molar-refractivity contribution is 4.70. The molecule has 0 aliphatic heterocycles. The van der Waals surface area contributed by atoms with E-state index in [9.17, 15) is 0 Å². The second kappa shape index (κ2) is 11.3. The smallest absolute Gasteiger partial charge is 0.0928 e. The van der Waals surface area contributed by atoms with Gasteiger partial charge in [0.15, 0.2) is 0 Å². The third-order valence-electron chi connectivity index (χ3n) is 2.44. The Morgan fingerprint density at radius 1 is 1.12 bits per heavy atom. The molecule has 0 bridgehead atoms. The van der Waals surface area contributed by atoms with Crippen molar-refractivity contribution in [2.24, 2.45) is 5.73 Å². The summed E-state index contributed by atoms with van der Waals surface area (Å²) in [7, 11) is 5.07. The number of ether oxygens (including phenoxy) is 3. The molecule has 0 saturated carbocycles. The third-order valence-corrected chi connectivity index (χ3v) is 2.44. The largest absolute Gasteiger partial charge is 0.383 e. The molecule has 2 atom stereocenters. The van der Waals surface area contributed by atoms with Gasteiger partial charge in [0.25, 0.3) is 0 Å². The van der Waals surface area contributed by atoms with Crippen LogP contribution in [-0.2, 0) is 14.2 Å². The fourth-order valence-corrected chi connectivity index (χ4v) is 1.50. The van der Waals surface area contributed by atoms with E-state index in [1.165, 1.54) is 0 Å². The predicted molar refractivity (Wildman–Crippen MR) is 64.6 cm³/mol. The molecule has 0 rings (SSSR count). The van der Waals surface area contributed by atoms with E-state index in [0.717, 1.165) is 19.4 Å². The van der Waals surface area contributed by atoms with Crippen LogP contribution in [-0.4, -0.2) is 59.8 Å². The third kappa shape index (κ3) is 8.01. The zero-order valence-electron chi connectivity index (χ0n) is 10.7. The molecule has 0 aromatic carbocycles. The van der Waals surface area contributed by atoms with Crippen LogP contribution in [0.15, 0.2) is 0 Å². The molecular weight excluding hydrogens is 208 g/mol. The van der Waals surface area contributed by atoms with Crippen molar-refractivity contribution in [1.82, 2.24) is 5.32 Å². The Labute approximate surface area is 98.6 Å². The quantitative estimate of drug-likeness (QED) is 0.526. The molecule has 98 valence electrons. The fourth-order valence-electron chi connectivity index (χ4n) is 1.50. The molecule has 0 aliphatic carbocycles. The van der Waals surface area contributed by atoms with E-state index < -0.39 is 0 Å². The summed E-state index contributed by atoms with van der Waals surface area (Å²) in [6.07, 6.45) is 2.11. The lowest BCUT2D eigenvalue weighted by Crippen LogP contribution is -2.40. The molecule has 0 radical (unpaired) electrons. The van der Waals surface area contributed by atoms with E-state index in [1.54, 1.807) is 21.3 Å². The molecular formula is C11H26N2O3. The molecule has 0 spiro atoms. The number of hydrogen-bond donors (Lipinski definition) is 2. The molecule has 0 saturated heterocycles. The van der Waals surface area contributed by atoms with Gasteiger partial charge in [-0.2, -0.15) is 0 Å². The monoisotopic (exact) mass is 234 g/mol. The lowest BCUT2D eigenvalue weighted by Gasteiger charge is -2.21. The second-order valence-electron chi connectivity index (χ2n) is 3.80. The minimum Gasteiger partial charge on any atom is -0.383 e. The van der Waals surface area contributed by atoms with E-state index in [-0.39, 0.29) is 6.10 Å².